The molecule has 170 valence electrons. The molecule has 0 rings (SSSR count). The predicted octanol–water partition coefficient (Wildman–Crippen LogP) is 4.39. The molecule has 2 unspecified atom stereocenters. The molecule has 0 spiro atoms. The Balaban J connectivity index is 4.14. The van der Waals surface area contributed by atoms with Crippen molar-refractivity contribution in [2.45, 2.75) is 116 Å². The molecule has 2 atom stereocenters. The van der Waals surface area contributed by atoms with Crippen LogP contribution in [0.15, 0.2) is 0 Å². The van der Waals surface area contributed by atoms with Crippen molar-refractivity contribution in [3.8, 4) is 0 Å². The third kappa shape index (κ3) is 15.9. The molecule has 0 fully saturated rings. The van der Waals surface area contributed by atoms with E-state index in [0.29, 0.717) is 25.9 Å². The molecule has 7 nitrogen and oxygen atoms in total. The third-order valence-electron chi connectivity index (χ3n) is 4.89. The number of carboxylic acid groups (broad SMARTS) is 1. The fourth-order valence-corrected chi connectivity index (χ4v) is 3.22. The summed E-state index contributed by atoms with van der Waals surface area (Å²) in [4.78, 5) is 33.5. The highest BCUT2D eigenvalue weighted by Crippen LogP contribution is 2.18. The van der Waals surface area contributed by atoms with Crippen LogP contribution in [-0.2, 0) is 23.9 Å². The Hall–Kier alpha value is -1.63. The highest BCUT2D eigenvalue weighted by Gasteiger charge is 2.25. The molecule has 0 aliphatic rings. The number of hydrogen-bond donors (Lipinski definition) is 2. The number of carbonyl (C=O) groups is 3. The molecule has 0 radical (unpaired) electrons. The number of aliphatic carboxylic acids is 1. The van der Waals surface area contributed by atoms with E-state index in [1.54, 1.807) is 6.92 Å². The van der Waals surface area contributed by atoms with E-state index in [0.717, 1.165) is 51.4 Å². The van der Waals surface area contributed by atoms with Crippen LogP contribution in [0.4, 0.5) is 0 Å². The van der Waals surface area contributed by atoms with Crippen LogP contribution in [0.2, 0.25) is 0 Å². The monoisotopic (exact) mass is 416 g/mol. The van der Waals surface area contributed by atoms with Gasteiger partial charge < -0.3 is 19.7 Å². The van der Waals surface area contributed by atoms with E-state index in [9.17, 15) is 19.5 Å². The first-order valence-electron chi connectivity index (χ1n) is 11.2. The van der Waals surface area contributed by atoms with Gasteiger partial charge in [-0.05, 0) is 32.6 Å². The van der Waals surface area contributed by atoms with Gasteiger partial charge in [0.15, 0.2) is 0 Å². The zero-order valence-corrected chi connectivity index (χ0v) is 18.2. The second kappa shape index (κ2) is 18.4. The van der Waals surface area contributed by atoms with E-state index in [4.69, 9.17) is 14.6 Å². The molecule has 0 aromatic heterocycles. The fraction of sp³-hybridized carbons (Fsp3) is 0.864. The van der Waals surface area contributed by atoms with Gasteiger partial charge in [-0.25, -0.2) is 9.59 Å². The van der Waals surface area contributed by atoms with Crippen molar-refractivity contribution in [3.05, 3.63) is 0 Å². The number of rotatable bonds is 18. The summed E-state index contributed by atoms with van der Waals surface area (Å²) >= 11 is 0. The zero-order chi connectivity index (χ0) is 21.9. The highest BCUT2D eigenvalue weighted by molar-refractivity contribution is 6.28. The van der Waals surface area contributed by atoms with Crippen molar-refractivity contribution in [2.24, 2.45) is 0 Å². The number of hydrogen-bond acceptors (Lipinski definition) is 6. The minimum Gasteiger partial charge on any atom is -0.473 e. The van der Waals surface area contributed by atoms with Crippen LogP contribution < -0.4 is 0 Å². The molecule has 0 bridgehead atoms. The van der Waals surface area contributed by atoms with Crippen LogP contribution >= 0.6 is 0 Å². The van der Waals surface area contributed by atoms with E-state index in [-0.39, 0.29) is 5.97 Å². The van der Waals surface area contributed by atoms with Crippen LogP contribution in [0.25, 0.3) is 0 Å². The van der Waals surface area contributed by atoms with Crippen LogP contribution in [0.5, 0.6) is 0 Å². The second-order valence-electron chi connectivity index (χ2n) is 7.48. The zero-order valence-electron chi connectivity index (χ0n) is 18.2. The number of esters is 2. The van der Waals surface area contributed by atoms with Gasteiger partial charge in [0.05, 0.1) is 12.7 Å². The number of carboxylic acids is 1. The van der Waals surface area contributed by atoms with Gasteiger partial charge in [0.1, 0.15) is 6.10 Å². The summed E-state index contributed by atoms with van der Waals surface area (Å²) in [5.41, 5.74) is 0. The van der Waals surface area contributed by atoms with E-state index in [1.165, 1.54) is 19.3 Å². The van der Waals surface area contributed by atoms with Gasteiger partial charge in [-0.2, -0.15) is 0 Å². The van der Waals surface area contributed by atoms with Gasteiger partial charge in [0.2, 0.25) is 0 Å². The summed E-state index contributed by atoms with van der Waals surface area (Å²) in [5, 5.41) is 19.1. The molecular weight excluding hydrogens is 376 g/mol. The van der Waals surface area contributed by atoms with E-state index >= 15 is 0 Å². The third-order valence-corrected chi connectivity index (χ3v) is 4.89. The Morgan fingerprint density at radius 1 is 0.793 bits per heavy atom. The Morgan fingerprint density at radius 2 is 1.34 bits per heavy atom. The van der Waals surface area contributed by atoms with Crippen molar-refractivity contribution in [1.82, 2.24) is 0 Å². The number of aliphatic hydroxyl groups is 1. The first-order chi connectivity index (χ1) is 13.9. The van der Waals surface area contributed by atoms with Gasteiger partial charge in [-0.1, -0.05) is 64.7 Å². The van der Waals surface area contributed by atoms with E-state index < -0.39 is 24.1 Å². The Morgan fingerprint density at radius 3 is 1.93 bits per heavy atom. The van der Waals surface area contributed by atoms with Crippen LogP contribution in [0, 0.1) is 0 Å². The Kier molecular flexibility index (Phi) is 17.4. The quantitative estimate of drug-likeness (QED) is 0.194. The van der Waals surface area contributed by atoms with Gasteiger partial charge in [-0.3, -0.25) is 4.79 Å². The molecule has 7 heteroatoms. The summed E-state index contributed by atoms with van der Waals surface area (Å²) < 4.78 is 9.89. The molecule has 0 aliphatic carbocycles. The SMILES string of the molecule is CCCCCCCCC(O)C(CCCCCCCC(=O)OCC)OC(=O)C(=O)O. The molecule has 0 aromatic carbocycles. The first-order valence-corrected chi connectivity index (χ1v) is 11.2. The molecule has 29 heavy (non-hydrogen) atoms. The van der Waals surface area contributed by atoms with Crippen molar-refractivity contribution in [2.75, 3.05) is 6.61 Å². The van der Waals surface area contributed by atoms with Crippen molar-refractivity contribution >= 4 is 17.9 Å². The van der Waals surface area contributed by atoms with Crippen LogP contribution in [0.3, 0.4) is 0 Å². The Labute approximate surface area is 175 Å². The minimum atomic E-state index is -1.64. The molecule has 0 aliphatic heterocycles. The van der Waals surface area contributed by atoms with Crippen LogP contribution in [-0.4, -0.2) is 46.9 Å². The molecule has 0 aromatic rings. The summed E-state index contributed by atoms with van der Waals surface area (Å²) in [7, 11) is 0. The van der Waals surface area contributed by atoms with Crippen molar-refractivity contribution in [1.29, 1.82) is 0 Å². The average molecular weight is 417 g/mol. The fourth-order valence-electron chi connectivity index (χ4n) is 3.22. The summed E-state index contributed by atoms with van der Waals surface area (Å²) in [6, 6.07) is 0. The maximum atomic E-state index is 11.4. The lowest BCUT2D eigenvalue weighted by atomic mass is 9.99. The summed E-state index contributed by atoms with van der Waals surface area (Å²) in [5.74, 6) is -3.13. The van der Waals surface area contributed by atoms with Crippen LogP contribution in [0.1, 0.15) is 104 Å². The van der Waals surface area contributed by atoms with Gasteiger partial charge in [-0.15, -0.1) is 0 Å². The Bertz CT molecular complexity index is 450. The maximum Gasteiger partial charge on any atom is 0.417 e. The smallest absolute Gasteiger partial charge is 0.417 e. The molecule has 0 saturated carbocycles. The molecule has 0 saturated heterocycles. The maximum absolute atomic E-state index is 11.4. The van der Waals surface area contributed by atoms with Gasteiger partial charge >= 0.3 is 17.9 Å². The normalized spacial score (nSPS) is 12.9. The number of carbonyl (C=O) groups excluding carboxylic acids is 2. The van der Waals surface area contributed by atoms with E-state index in [1.807, 2.05) is 0 Å². The molecule has 2 N–H and O–H groups in total. The number of aliphatic hydroxyl groups excluding tert-OH is 1. The van der Waals surface area contributed by atoms with Gasteiger partial charge in [0, 0.05) is 6.42 Å². The topological polar surface area (TPSA) is 110 Å². The average Bonchev–Trinajstić information content (AvgIpc) is 2.68. The van der Waals surface area contributed by atoms with Crippen molar-refractivity contribution in [3.63, 3.8) is 0 Å². The minimum absolute atomic E-state index is 0.175. The summed E-state index contributed by atoms with van der Waals surface area (Å²) in [6.45, 7) is 4.34. The lowest BCUT2D eigenvalue weighted by Gasteiger charge is -2.22. The van der Waals surface area contributed by atoms with E-state index in [2.05, 4.69) is 6.92 Å². The molecule has 0 heterocycles. The summed E-state index contributed by atoms with van der Waals surface area (Å²) in [6.07, 6.45) is 10.5. The lowest BCUT2D eigenvalue weighted by molar-refractivity contribution is -0.171. The molecular formula is C22H40O7. The van der Waals surface area contributed by atoms with Crippen molar-refractivity contribution < 1.29 is 34.1 Å². The predicted molar refractivity (Wildman–Crippen MR) is 110 cm³/mol. The molecule has 0 amide bonds. The van der Waals surface area contributed by atoms with Gasteiger partial charge in [0.25, 0.3) is 0 Å². The standard InChI is InChI=1S/C22H40O7/c1-3-5-6-7-9-12-15-18(23)19(29-22(27)21(25)26)16-13-10-8-11-14-17-20(24)28-4-2/h18-19,23H,3-17H2,1-2H3,(H,25,26). The number of ether oxygens (including phenoxy) is 2. The lowest BCUT2D eigenvalue weighted by Crippen LogP contribution is -2.33. The second-order valence-corrected chi connectivity index (χ2v) is 7.48. The first kappa shape index (κ1) is 27.4. The number of unbranched alkanes of at least 4 members (excludes halogenated alkanes) is 9. The largest absolute Gasteiger partial charge is 0.473 e. The highest BCUT2D eigenvalue weighted by atomic mass is 16.6.